The number of carbonyl (C=O) groups excluding carboxylic acids is 2. The van der Waals surface area contributed by atoms with Crippen molar-refractivity contribution in [1.82, 2.24) is 9.80 Å². The predicted octanol–water partition coefficient (Wildman–Crippen LogP) is 2.55. The topological polar surface area (TPSA) is 72.2 Å². The summed E-state index contributed by atoms with van der Waals surface area (Å²) in [6.07, 6.45) is 0.397. The molecule has 0 saturated heterocycles. The molecule has 2 amide bonds. The number of rotatable bonds is 2. The van der Waals surface area contributed by atoms with E-state index in [4.69, 9.17) is 13.9 Å². The van der Waals surface area contributed by atoms with Crippen LogP contribution < -0.4 is 9.47 Å². The quantitative estimate of drug-likeness (QED) is 0.850. The lowest BCUT2D eigenvalue weighted by atomic mass is 10.2. The molecule has 1 aromatic heterocycles. The fraction of sp³-hybridized carbons (Fsp3) is 0.286. The summed E-state index contributed by atoms with van der Waals surface area (Å²) in [4.78, 5) is 25.8. The van der Waals surface area contributed by atoms with Crippen molar-refractivity contribution in [2.24, 2.45) is 0 Å². The van der Waals surface area contributed by atoms with Crippen LogP contribution in [-0.4, -0.2) is 50.2 Å². The number of carbonyl (C=O) groups is 2. The van der Waals surface area contributed by atoms with Crippen molar-refractivity contribution in [3.8, 4) is 11.5 Å². The van der Waals surface area contributed by atoms with Gasteiger partial charge in [-0.1, -0.05) is 0 Å². The zero-order valence-electron chi connectivity index (χ0n) is 12.2. The van der Waals surface area contributed by atoms with E-state index in [0.29, 0.717) is 11.0 Å². The molecule has 1 aromatic carbocycles. The molecule has 7 heteroatoms. The maximum atomic E-state index is 11.7. The number of hydrogen-bond acceptors (Lipinski definition) is 5. The van der Waals surface area contributed by atoms with Gasteiger partial charge in [0.15, 0.2) is 0 Å². The normalized spacial score (nSPS) is 10.3. The SMILES string of the molecule is CN(C)C(=O)Oc1cc(OC(=O)N(C)C)c2ccoc2c1. The van der Waals surface area contributed by atoms with Crippen molar-refractivity contribution < 1.29 is 23.5 Å². The van der Waals surface area contributed by atoms with Gasteiger partial charge in [0, 0.05) is 40.3 Å². The van der Waals surface area contributed by atoms with Gasteiger partial charge in [0.25, 0.3) is 0 Å². The molecule has 1 heterocycles. The minimum atomic E-state index is -0.536. The standard InChI is InChI=1S/C14H16N2O5/c1-15(2)13(17)20-9-7-11-10(5-6-19-11)12(8-9)21-14(18)16(3)4/h5-8H,1-4H3. The van der Waals surface area contributed by atoms with Gasteiger partial charge in [-0.05, 0) is 6.07 Å². The Kier molecular flexibility index (Phi) is 4.02. The van der Waals surface area contributed by atoms with E-state index in [0.717, 1.165) is 0 Å². The molecule has 0 fully saturated rings. The lowest BCUT2D eigenvalue weighted by Gasteiger charge is -2.13. The molecule has 0 aliphatic carbocycles. The number of ether oxygens (including phenoxy) is 2. The molecule has 0 N–H and O–H groups in total. The van der Waals surface area contributed by atoms with Crippen molar-refractivity contribution >= 4 is 23.2 Å². The summed E-state index contributed by atoms with van der Waals surface area (Å²) in [5.41, 5.74) is 0.459. The van der Waals surface area contributed by atoms with Gasteiger partial charge in [0.05, 0.1) is 11.6 Å². The van der Waals surface area contributed by atoms with Gasteiger partial charge in [0.2, 0.25) is 0 Å². The Morgan fingerprint density at radius 2 is 1.62 bits per heavy atom. The van der Waals surface area contributed by atoms with Crippen molar-refractivity contribution in [3.63, 3.8) is 0 Å². The summed E-state index contributed by atoms with van der Waals surface area (Å²) in [7, 11) is 6.29. The molecule has 0 saturated carbocycles. The van der Waals surface area contributed by atoms with Gasteiger partial charge < -0.3 is 23.7 Å². The number of fused-ring (bicyclic) bond motifs is 1. The molecule has 0 aliphatic heterocycles. The summed E-state index contributed by atoms with van der Waals surface area (Å²) < 4.78 is 15.7. The number of furan rings is 1. The maximum Gasteiger partial charge on any atom is 0.414 e. The van der Waals surface area contributed by atoms with Crippen LogP contribution in [0.4, 0.5) is 9.59 Å². The lowest BCUT2D eigenvalue weighted by molar-refractivity contribution is 0.170. The highest BCUT2D eigenvalue weighted by atomic mass is 16.6. The number of amides is 2. The molecule has 0 spiro atoms. The Morgan fingerprint density at radius 1 is 1.00 bits per heavy atom. The molecule has 2 rings (SSSR count). The van der Waals surface area contributed by atoms with Gasteiger partial charge in [0.1, 0.15) is 17.1 Å². The summed E-state index contributed by atoms with van der Waals surface area (Å²) in [5.74, 6) is 0.499. The van der Waals surface area contributed by atoms with Crippen LogP contribution in [0.3, 0.4) is 0 Å². The lowest BCUT2D eigenvalue weighted by Crippen LogP contribution is -2.26. The van der Waals surface area contributed by atoms with Gasteiger partial charge in [-0.2, -0.15) is 0 Å². The zero-order valence-corrected chi connectivity index (χ0v) is 12.2. The third-order valence-electron chi connectivity index (χ3n) is 2.64. The van der Waals surface area contributed by atoms with E-state index in [2.05, 4.69) is 0 Å². The predicted molar refractivity (Wildman–Crippen MR) is 75.6 cm³/mol. The van der Waals surface area contributed by atoms with Crippen LogP contribution in [-0.2, 0) is 0 Å². The fourth-order valence-corrected chi connectivity index (χ4v) is 1.53. The Balaban J connectivity index is 2.36. The second-order valence-electron chi connectivity index (χ2n) is 4.78. The summed E-state index contributed by atoms with van der Waals surface area (Å²) >= 11 is 0. The van der Waals surface area contributed by atoms with E-state index in [9.17, 15) is 9.59 Å². The Hall–Kier alpha value is -2.70. The first-order valence-electron chi connectivity index (χ1n) is 6.18. The maximum absolute atomic E-state index is 11.7. The Labute approximate surface area is 121 Å². The van der Waals surface area contributed by atoms with Crippen molar-refractivity contribution in [1.29, 1.82) is 0 Å². The number of nitrogens with zero attached hydrogens (tertiary/aromatic N) is 2. The fourth-order valence-electron chi connectivity index (χ4n) is 1.53. The molecule has 0 aliphatic rings. The van der Waals surface area contributed by atoms with Crippen molar-refractivity contribution in [2.45, 2.75) is 0 Å². The van der Waals surface area contributed by atoms with Crippen molar-refractivity contribution in [2.75, 3.05) is 28.2 Å². The van der Waals surface area contributed by atoms with Crippen LogP contribution >= 0.6 is 0 Å². The average molecular weight is 292 g/mol. The smallest absolute Gasteiger partial charge is 0.414 e. The third kappa shape index (κ3) is 3.25. The minimum Gasteiger partial charge on any atom is -0.464 e. The monoisotopic (exact) mass is 292 g/mol. The second kappa shape index (κ2) is 5.74. The summed E-state index contributed by atoms with van der Waals surface area (Å²) in [5, 5.41) is 0.620. The first kappa shape index (κ1) is 14.7. The highest BCUT2D eigenvalue weighted by Crippen LogP contribution is 2.32. The van der Waals surface area contributed by atoms with E-state index in [1.165, 1.54) is 22.1 Å². The van der Waals surface area contributed by atoms with E-state index < -0.39 is 12.2 Å². The van der Waals surface area contributed by atoms with Crippen LogP contribution in [0, 0.1) is 0 Å². The minimum absolute atomic E-state index is 0.234. The van der Waals surface area contributed by atoms with Crippen molar-refractivity contribution in [3.05, 3.63) is 24.5 Å². The molecular weight excluding hydrogens is 276 g/mol. The third-order valence-corrected chi connectivity index (χ3v) is 2.64. The molecule has 0 bridgehead atoms. The summed E-state index contributed by atoms with van der Waals surface area (Å²) in [6, 6.07) is 4.70. The van der Waals surface area contributed by atoms with Crippen LogP contribution in [0.15, 0.2) is 28.9 Å². The highest BCUT2D eigenvalue weighted by molar-refractivity contribution is 5.88. The molecule has 7 nitrogen and oxygen atoms in total. The molecule has 0 radical (unpaired) electrons. The van der Waals surface area contributed by atoms with Gasteiger partial charge in [-0.15, -0.1) is 0 Å². The number of benzene rings is 1. The Morgan fingerprint density at radius 3 is 2.24 bits per heavy atom. The van der Waals surface area contributed by atoms with Gasteiger partial charge >= 0.3 is 12.2 Å². The first-order valence-corrected chi connectivity index (χ1v) is 6.18. The molecule has 21 heavy (non-hydrogen) atoms. The van der Waals surface area contributed by atoms with E-state index in [1.807, 2.05) is 0 Å². The average Bonchev–Trinajstić information content (AvgIpc) is 2.86. The van der Waals surface area contributed by atoms with Crippen LogP contribution in [0.5, 0.6) is 11.5 Å². The zero-order chi connectivity index (χ0) is 15.6. The van der Waals surface area contributed by atoms with E-state index >= 15 is 0 Å². The summed E-state index contributed by atoms with van der Waals surface area (Å²) in [6.45, 7) is 0. The molecule has 112 valence electrons. The first-order chi connectivity index (χ1) is 9.88. The number of hydrogen-bond donors (Lipinski definition) is 0. The van der Waals surface area contributed by atoms with Crippen LogP contribution in [0.2, 0.25) is 0 Å². The second-order valence-corrected chi connectivity index (χ2v) is 4.78. The molecule has 0 atom stereocenters. The van der Waals surface area contributed by atoms with E-state index in [1.54, 1.807) is 40.3 Å². The molecule has 2 aromatic rings. The molecule has 0 unspecified atom stereocenters. The van der Waals surface area contributed by atoms with Gasteiger partial charge in [-0.25, -0.2) is 9.59 Å². The van der Waals surface area contributed by atoms with Crippen LogP contribution in [0.1, 0.15) is 0 Å². The highest BCUT2D eigenvalue weighted by Gasteiger charge is 2.16. The van der Waals surface area contributed by atoms with Crippen LogP contribution in [0.25, 0.3) is 11.0 Å². The Bertz CT molecular complexity index is 675. The largest absolute Gasteiger partial charge is 0.464 e. The van der Waals surface area contributed by atoms with E-state index in [-0.39, 0.29) is 11.5 Å². The molecular formula is C14H16N2O5. The van der Waals surface area contributed by atoms with Gasteiger partial charge in [-0.3, -0.25) is 0 Å².